The quantitative estimate of drug-likeness (QED) is 0.638. The molecule has 1 saturated heterocycles. The van der Waals surface area contributed by atoms with E-state index in [2.05, 4.69) is 60.7 Å². The molecule has 0 atom stereocenters. The minimum absolute atomic E-state index is 0.200. The van der Waals surface area contributed by atoms with E-state index in [0.717, 1.165) is 52.4 Å². The van der Waals surface area contributed by atoms with Crippen molar-refractivity contribution in [3.8, 4) is 0 Å². The van der Waals surface area contributed by atoms with E-state index in [-0.39, 0.29) is 5.78 Å². The summed E-state index contributed by atoms with van der Waals surface area (Å²) >= 11 is 8.44. The van der Waals surface area contributed by atoms with E-state index >= 15 is 0 Å². The van der Waals surface area contributed by atoms with Gasteiger partial charge in [0.15, 0.2) is 5.78 Å². The molecule has 1 aromatic heterocycles. The number of rotatable bonds is 6. The Morgan fingerprint density at radius 3 is 2.38 bits per heavy atom. The van der Waals surface area contributed by atoms with E-state index < -0.39 is 0 Å². The van der Waals surface area contributed by atoms with Gasteiger partial charge in [-0.15, -0.1) is 11.3 Å². The maximum Gasteiger partial charge on any atom is 0.178 e. The van der Waals surface area contributed by atoms with E-state index in [0.29, 0.717) is 6.54 Å². The number of carbonyl (C=O) groups excluding carboxylic acids is 1. The topological polar surface area (TPSA) is 26.8 Å². The van der Waals surface area contributed by atoms with Crippen LogP contribution in [0.4, 0.5) is 0 Å². The number of Topliss-reactive ketones (excluding diaryl/α,β-unsaturated/α-hetero) is 1. The van der Waals surface area contributed by atoms with Crippen LogP contribution >= 0.6 is 43.2 Å². The molecule has 0 radical (unpaired) electrons. The Kier molecular flexibility index (Phi) is 6.83. The third-order valence-corrected chi connectivity index (χ3v) is 5.99. The zero-order valence-electron chi connectivity index (χ0n) is 12.4. The fourth-order valence-corrected chi connectivity index (χ4v) is 5.19. The molecular weight excluding hydrogens is 418 g/mol. The monoisotopic (exact) mass is 437 g/mol. The number of hydrogen-bond donors (Lipinski definition) is 0. The van der Waals surface area contributed by atoms with Gasteiger partial charge in [0.1, 0.15) is 0 Å². The standard InChI is InChI=1S/C14H21Br2N3OS/c1-17(2)3-4-18-5-7-19(8-6-18)10-12(20)11-9-13(15)21-14(11)16/h9H,3-8,10H2,1-2H3. The van der Waals surface area contributed by atoms with E-state index in [1.54, 1.807) is 11.3 Å². The number of halogens is 2. The summed E-state index contributed by atoms with van der Waals surface area (Å²) in [6, 6.07) is 1.91. The highest BCUT2D eigenvalue weighted by atomic mass is 79.9. The Bertz CT molecular complexity index is 485. The highest BCUT2D eigenvalue weighted by molar-refractivity contribution is 9.12. The van der Waals surface area contributed by atoms with Gasteiger partial charge in [0.25, 0.3) is 0 Å². The number of piperazine rings is 1. The van der Waals surface area contributed by atoms with Crippen molar-refractivity contribution in [1.29, 1.82) is 0 Å². The van der Waals surface area contributed by atoms with E-state index in [4.69, 9.17) is 0 Å². The average Bonchev–Trinajstić information content (AvgIpc) is 2.77. The van der Waals surface area contributed by atoms with Crippen molar-refractivity contribution in [2.24, 2.45) is 0 Å². The molecule has 4 nitrogen and oxygen atoms in total. The second-order valence-electron chi connectivity index (χ2n) is 5.58. The van der Waals surface area contributed by atoms with Crippen molar-refractivity contribution in [2.45, 2.75) is 0 Å². The Morgan fingerprint density at radius 1 is 1.24 bits per heavy atom. The zero-order chi connectivity index (χ0) is 15.4. The second kappa shape index (κ2) is 8.17. The number of nitrogens with zero attached hydrogens (tertiary/aromatic N) is 3. The van der Waals surface area contributed by atoms with Crippen LogP contribution in [0.2, 0.25) is 0 Å². The van der Waals surface area contributed by atoms with Crippen LogP contribution in [0, 0.1) is 0 Å². The summed E-state index contributed by atoms with van der Waals surface area (Å²) in [5.74, 6) is 0.200. The lowest BCUT2D eigenvalue weighted by Crippen LogP contribution is -2.49. The third-order valence-electron chi connectivity index (χ3n) is 3.65. The van der Waals surface area contributed by atoms with E-state index in [9.17, 15) is 4.79 Å². The first-order valence-corrected chi connectivity index (χ1v) is 9.43. The number of ketones is 1. The predicted octanol–water partition coefficient (Wildman–Crippen LogP) is 2.64. The Morgan fingerprint density at radius 2 is 1.86 bits per heavy atom. The predicted molar refractivity (Wildman–Crippen MR) is 95.5 cm³/mol. The molecule has 7 heteroatoms. The van der Waals surface area contributed by atoms with Crippen molar-refractivity contribution >= 4 is 49.0 Å². The van der Waals surface area contributed by atoms with Gasteiger partial charge < -0.3 is 4.90 Å². The molecule has 0 aromatic carbocycles. The molecule has 0 unspecified atom stereocenters. The van der Waals surface area contributed by atoms with E-state index in [1.165, 1.54) is 0 Å². The highest BCUT2D eigenvalue weighted by Gasteiger charge is 2.21. The summed E-state index contributed by atoms with van der Waals surface area (Å²) in [6.07, 6.45) is 0. The molecule has 0 saturated carbocycles. The van der Waals surface area contributed by atoms with Crippen LogP contribution in [0.5, 0.6) is 0 Å². The number of likely N-dealkylation sites (N-methyl/N-ethyl adjacent to an activating group) is 1. The lowest BCUT2D eigenvalue weighted by Gasteiger charge is -2.34. The smallest absolute Gasteiger partial charge is 0.178 e. The minimum atomic E-state index is 0.200. The van der Waals surface area contributed by atoms with Crippen LogP contribution in [0.1, 0.15) is 10.4 Å². The third kappa shape index (κ3) is 5.41. The summed E-state index contributed by atoms with van der Waals surface area (Å²) in [4.78, 5) is 19.3. The van der Waals surface area contributed by atoms with Crippen molar-refractivity contribution in [1.82, 2.24) is 14.7 Å². The van der Waals surface area contributed by atoms with E-state index in [1.807, 2.05) is 6.07 Å². The molecule has 1 aliphatic rings. The molecule has 0 aliphatic carbocycles. The van der Waals surface area contributed by atoms with Gasteiger partial charge >= 0.3 is 0 Å². The number of hydrogen-bond acceptors (Lipinski definition) is 5. The van der Waals surface area contributed by atoms with Crippen molar-refractivity contribution in [2.75, 3.05) is 59.9 Å². The van der Waals surface area contributed by atoms with Gasteiger partial charge in [0, 0.05) is 44.8 Å². The van der Waals surface area contributed by atoms with Gasteiger partial charge in [0.05, 0.1) is 14.1 Å². The lowest BCUT2D eigenvalue weighted by atomic mass is 10.2. The van der Waals surface area contributed by atoms with Crippen LogP contribution in [0.25, 0.3) is 0 Å². The van der Waals surface area contributed by atoms with Gasteiger partial charge in [-0.25, -0.2) is 0 Å². The van der Waals surface area contributed by atoms with Crippen LogP contribution < -0.4 is 0 Å². The first-order chi connectivity index (χ1) is 9.95. The van der Waals surface area contributed by atoms with Gasteiger partial charge in [-0.05, 0) is 52.0 Å². The molecule has 0 spiro atoms. The Labute approximate surface area is 147 Å². The lowest BCUT2D eigenvalue weighted by molar-refractivity contribution is 0.0844. The van der Waals surface area contributed by atoms with Crippen molar-refractivity contribution < 1.29 is 4.79 Å². The van der Waals surface area contributed by atoms with Gasteiger partial charge in [-0.3, -0.25) is 14.6 Å². The molecule has 21 heavy (non-hydrogen) atoms. The normalized spacial score (nSPS) is 17.6. The molecular formula is C14H21Br2N3OS. The fourth-order valence-electron chi connectivity index (χ4n) is 2.33. The molecule has 118 valence electrons. The summed E-state index contributed by atoms with van der Waals surface area (Å²) in [7, 11) is 4.21. The zero-order valence-corrected chi connectivity index (χ0v) is 16.4. The Hall–Kier alpha value is 0.210. The Balaban J connectivity index is 1.78. The van der Waals surface area contributed by atoms with Crippen LogP contribution in [0.3, 0.4) is 0 Å². The molecule has 0 N–H and O–H groups in total. The fraction of sp³-hybridized carbons (Fsp3) is 0.643. The highest BCUT2D eigenvalue weighted by Crippen LogP contribution is 2.32. The van der Waals surface area contributed by atoms with Crippen LogP contribution in [-0.2, 0) is 0 Å². The number of thiophene rings is 1. The number of carbonyl (C=O) groups is 1. The molecule has 1 fully saturated rings. The summed E-state index contributed by atoms with van der Waals surface area (Å²) in [6.45, 7) is 6.77. The first-order valence-electron chi connectivity index (χ1n) is 7.03. The summed E-state index contributed by atoms with van der Waals surface area (Å²) in [5, 5.41) is 0. The molecule has 1 aliphatic heterocycles. The molecule has 0 bridgehead atoms. The first kappa shape index (κ1) is 17.6. The molecule has 2 rings (SSSR count). The SMILES string of the molecule is CN(C)CCN1CCN(CC(=O)c2cc(Br)sc2Br)CC1. The maximum atomic E-state index is 12.3. The second-order valence-corrected chi connectivity index (χ2v) is 9.33. The van der Waals surface area contributed by atoms with Gasteiger partial charge in [0.2, 0.25) is 0 Å². The maximum absolute atomic E-state index is 12.3. The minimum Gasteiger partial charge on any atom is -0.308 e. The largest absolute Gasteiger partial charge is 0.308 e. The van der Waals surface area contributed by atoms with Crippen LogP contribution in [0.15, 0.2) is 13.6 Å². The molecule has 0 amide bonds. The van der Waals surface area contributed by atoms with Gasteiger partial charge in [-0.2, -0.15) is 0 Å². The van der Waals surface area contributed by atoms with Gasteiger partial charge in [-0.1, -0.05) is 0 Å². The summed E-state index contributed by atoms with van der Waals surface area (Å²) < 4.78 is 1.91. The van der Waals surface area contributed by atoms with Crippen LogP contribution in [-0.4, -0.2) is 80.4 Å². The molecule has 1 aromatic rings. The van der Waals surface area contributed by atoms with Crippen molar-refractivity contribution in [3.05, 3.63) is 19.2 Å². The summed E-state index contributed by atoms with van der Waals surface area (Å²) in [5.41, 5.74) is 0.793. The molecule has 2 heterocycles. The van der Waals surface area contributed by atoms with Crippen molar-refractivity contribution in [3.63, 3.8) is 0 Å². The average molecular weight is 439 g/mol.